The molecule has 0 radical (unpaired) electrons. The maximum Gasteiger partial charge on any atom is 0.0249 e. The maximum absolute atomic E-state index is 3.85. The van der Waals surface area contributed by atoms with E-state index < -0.39 is 0 Å². The van der Waals surface area contributed by atoms with Crippen LogP contribution in [-0.4, -0.2) is 0 Å². The molecule has 0 unspecified atom stereocenters. The average Bonchev–Trinajstić information content (AvgIpc) is 2.76. The smallest absolute Gasteiger partial charge is 0.0249 e. The minimum absolute atomic E-state index is 0.727. The number of hydrogen-bond acceptors (Lipinski definition) is 0. The van der Waals surface area contributed by atoms with Crippen molar-refractivity contribution in [2.45, 2.75) is 57.3 Å². The monoisotopic (exact) mass is 368 g/mol. The van der Waals surface area contributed by atoms with E-state index in [0.717, 1.165) is 35.8 Å². The van der Waals surface area contributed by atoms with Gasteiger partial charge in [-0.3, -0.25) is 0 Å². The van der Waals surface area contributed by atoms with E-state index in [9.17, 15) is 0 Å². The Morgan fingerprint density at radius 1 is 0.750 bits per heavy atom. The van der Waals surface area contributed by atoms with Crippen LogP contribution in [0.3, 0.4) is 0 Å². The molecule has 0 heteroatoms. The molecule has 0 aliphatic heterocycles. The van der Waals surface area contributed by atoms with Gasteiger partial charge in [-0.05, 0) is 98.6 Å². The van der Waals surface area contributed by atoms with Crippen molar-refractivity contribution >= 4 is 0 Å². The molecule has 2 aromatic rings. The summed E-state index contributed by atoms with van der Waals surface area (Å²) >= 11 is 0. The van der Waals surface area contributed by atoms with Crippen LogP contribution in [0.25, 0.3) is 0 Å². The third-order valence-electron chi connectivity index (χ3n) is 5.95. The molecule has 1 fully saturated rings. The first-order valence-corrected chi connectivity index (χ1v) is 10.7. The highest BCUT2D eigenvalue weighted by molar-refractivity contribution is 5.44. The molecule has 144 valence electrons. The fourth-order valence-electron chi connectivity index (χ4n) is 4.14. The molecule has 0 bridgehead atoms. The summed E-state index contributed by atoms with van der Waals surface area (Å²) in [4.78, 5) is 0. The van der Waals surface area contributed by atoms with Crippen molar-refractivity contribution in [3.05, 3.63) is 96.1 Å². The Morgan fingerprint density at radius 2 is 1.32 bits per heavy atom. The minimum atomic E-state index is 0.727. The number of aryl methyl sites for hydroxylation is 1. The highest BCUT2D eigenvalue weighted by Crippen LogP contribution is 2.37. The lowest BCUT2D eigenvalue weighted by atomic mass is 9.77. The first-order chi connectivity index (χ1) is 13.8. The SMILES string of the molecule is C=CCCc1ccc(C#Cc2ccc(C3CCC(CCC=C)CC3)cc2)cc1. The first kappa shape index (κ1) is 20.2. The summed E-state index contributed by atoms with van der Waals surface area (Å²) in [6, 6.07) is 17.5. The molecule has 28 heavy (non-hydrogen) atoms. The van der Waals surface area contributed by atoms with Crippen molar-refractivity contribution in [1.82, 2.24) is 0 Å². The van der Waals surface area contributed by atoms with E-state index in [1.54, 1.807) is 0 Å². The molecule has 2 aromatic carbocycles. The van der Waals surface area contributed by atoms with Crippen LogP contribution in [0.4, 0.5) is 0 Å². The van der Waals surface area contributed by atoms with Gasteiger partial charge < -0.3 is 0 Å². The van der Waals surface area contributed by atoms with Gasteiger partial charge in [-0.15, -0.1) is 13.2 Å². The molecule has 0 aromatic heterocycles. The Balaban J connectivity index is 1.54. The molecule has 0 atom stereocenters. The van der Waals surface area contributed by atoms with Gasteiger partial charge in [-0.25, -0.2) is 0 Å². The number of benzene rings is 2. The second-order valence-electron chi connectivity index (χ2n) is 7.98. The first-order valence-electron chi connectivity index (χ1n) is 10.7. The van der Waals surface area contributed by atoms with Crippen molar-refractivity contribution in [1.29, 1.82) is 0 Å². The van der Waals surface area contributed by atoms with Crippen molar-refractivity contribution in [3.63, 3.8) is 0 Å². The molecule has 0 spiro atoms. The lowest BCUT2D eigenvalue weighted by molar-refractivity contribution is 0.312. The standard InChI is InChI=1S/C28H32/c1-3-5-7-23-9-11-25(12-10-23)13-14-26-17-21-28(22-18-26)27-19-15-24(16-20-27)8-6-4-2/h3-4,9-12,17-18,21-22,24,27H,1-2,5-8,15-16,19-20H2. The van der Waals surface area contributed by atoms with Crippen molar-refractivity contribution in [2.24, 2.45) is 5.92 Å². The molecule has 0 nitrogen and oxygen atoms in total. The lowest BCUT2D eigenvalue weighted by Crippen LogP contribution is -2.13. The molecule has 1 aliphatic rings. The number of allylic oxidation sites excluding steroid dienone is 2. The summed E-state index contributed by atoms with van der Waals surface area (Å²) in [5, 5.41) is 0. The van der Waals surface area contributed by atoms with Crippen molar-refractivity contribution in [2.75, 3.05) is 0 Å². The van der Waals surface area contributed by atoms with Crippen LogP contribution in [-0.2, 0) is 6.42 Å². The Morgan fingerprint density at radius 3 is 1.89 bits per heavy atom. The number of rotatable bonds is 7. The highest BCUT2D eigenvalue weighted by atomic mass is 14.3. The summed E-state index contributed by atoms with van der Waals surface area (Å²) in [7, 11) is 0. The van der Waals surface area contributed by atoms with Gasteiger partial charge in [0.1, 0.15) is 0 Å². The Kier molecular flexibility index (Phi) is 7.74. The summed E-state index contributed by atoms with van der Waals surface area (Å²) in [5.41, 5.74) is 5.00. The molecular formula is C28H32. The average molecular weight is 369 g/mol. The topological polar surface area (TPSA) is 0 Å². The zero-order valence-corrected chi connectivity index (χ0v) is 17.0. The van der Waals surface area contributed by atoms with Gasteiger partial charge in [0.2, 0.25) is 0 Å². The minimum Gasteiger partial charge on any atom is -0.103 e. The zero-order valence-electron chi connectivity index (χ0n) is 17.0. The van der Waals surface area contributed by atoms with Gasteiger partial charge in [0.05, 0.1) is 0 Å². The fraction of sp³-hybridized carbons (Fsp3) is 0.357. The van der Waals surface area contributed by atoms with Gasteiger partial charge in [0.25, 0.3) is 0 Å². The second kappa shape index (κ2) is 10.7. The van der Waals surface area contributed by atoms with E-state index in [1.165, 1.54) is 49.7 Å². The van der Waals surface area contributed by atoms with E-state index in [4.69, 9.17) is 0 Å². The zero-order chi connectivity index (χ0) is 19.6. The van der Waals surface area contributed by atoms with Crippen LogP contribution >= 0.6 is 0 Å². The molecule has 0 saturated heterocycles. The largest absolute Gasteiger partial charge is 0.103 e. The normalized spacial score (nSPS) is 18.7. The highest BCUT2D eigenvalue weighted by Gasteiger charge is 2.21. The van der Waals surface area contributed by atoms with Crippen LogP contribution in [0, 0.1) is 17.8 Å². The van der Waals surface area contributed by atoms with E-state index >= 15 is 0 Å². The van der Waals surface area contributed by atoms with E-state index in [1.807, 2.05) is 6.08 Å². The molecule has 0 amide bonds. The molecule has 3 rings (SSSR count). The van der Waals surface area contributed by atoms with Gasteiger partial charge >= 0.3 is 0 Å². The quantitative estimate of drug-likeness (QED) is 0.352. The number of hydrogen-bond donors (Lipinski definition) is 0. The summed E-state index contributed by atoms with van der Waals surface area (Å²) in [5.74, 6) is 8.23. The molecule has 1 saturated carbocycles. The van der Waals surface area contributed by atoms with E-state index in [-0.39, 0.29) is 0 Å². The fourth-order valence-corrected chi connectivity index (χ4v) is 4.14. The molecule has 0 N–H and O–H groups in total. The summed E-state index contributed by atoms with van der Waals surface area (Å²) in [6.07, 6.45) is 14.0. The molecular weight excluding hydrogens is 336 g/mol. The van der Waals surface area contributed by atoms with Crippen LogP contribution in [0.1, 0.15) is 73.1 Å². The van der Waals surface area contributed by atoms with Crippen LogP contribution in [0.15, 0.2) is 73.8 Å². The predicted octanol–water partition coefficient (Wildman–Crippen LogP) is 7.45. The van der Waals surface area contributed by atoms with Crippen molar-refractivity contribution in [3.8, 4) is 11.8 Å². The third-order valence-corrected chi connectivity index (χ3v) is 5.95. The third kappa shape index (κ3) is 6.00. The Hall–Kier alpha value is -2.52. The van der Waals surface area contributed by atoms with Gasteiger partial charge in [0, 0.05) is 11.1 Å². The Bertz CT molecular complexity index is 803. The lowest BCUT2D eigenvalue weighted by Gasteiger charge is -2.28. The van der Waals surface area contributed by atoms with E-state index in [0.29, 0.717) is 0 Å². The summed E-state index contributed by atoms with van der Waals surface area (Å²) in [6.45, 7) is 7.63. The van der Waals surface area contributed by atoms with Crippen LogP contribution in [0.2, 0.25) is 0 Å². The molecule has 1 aliphatic carbocycles. The maximum atomic E-state index is 3.85. The Labute approximate surface area is 171 Å². The summed E-state index contributed by atoms with van der Waals surface area (Å²) < 4.78 is 0. The van der Waals surface area contributed by atoms with E-state index in [2.05, 4.69) is 79.6 Å². The van der Waals surface area contributed by atoms with Gasteiger partial charge in [-0.2, -0.15) is 0 Å². The second-order valence-corrected chi connectivity index (χ2v) is 7.98. The van der Waals surface area contributed by atoms with Crippen LogP contribution in [0.5, 0.6) is 0 Å². The van der Waals surface area contributed by atoms with Crippen molar-refractivity contribution < 1.29 is 0 Å². The molecule has 0 heterocycles. The predicted molar refractivity (Wildman–Crippen MR) is 122 cm³/mol. The van der Waals surface area contributed by atoms with Crippen LogP contribution < -0.4 is 0 Å². The van der Waals surface area contributed by atoms with Gasteiger partial charge in [-0.1, -0.05) is 48.3 Å². The van der Waals surface area contributed by atoms with Gasteiger partial charge in [0.15, 0.2) is 0 Å².